The summed E-state index contributed by atoms with van der Waals surface area (Å²) in [4.78, 5) is 31.0. The molecule has 0 spiro atoms. The number of H-pyrrole nitrogens is 1. The van der Waals surface area contributed by atoms with Crippen molar-refractivity contribution in [2.24, 2.45) is 7.05 Å². The zero-order valence-electron chi connectivity index (χ0n) is 21.4. The van der Waals surface area contributed by atoms with Crippen LogP contribution in [0.25, 0.3) is 22.0 Å². The summed E-state index contributed by atoms with van der Waals surface area (Å²) in [5.74, 6) is -0.440. The highest BCUT2D eigenvalue weighted by atomic mass is 35.5. The number of aryl methyl sites for hydroxylation is 1. The SMILES string of the molecule is CN1C(=O)[C@@H](N2CCc3c(nn(Cc4ccccc4)c3Cl)C2=O)Cc2[nH]nc3cc(-c4cnn(C)c4)cc1c23. The van der Waals surface area contributed by atoms with Crippen molar-refractivity contribution in [2.75, 3.05) is 18.5 Å². The standard InChI is InChI=1S/C28H25ClN8O2/c1-34-15-18(13-30-34)17-10-20-24-21(32-31-20)12-23(27(38)35(2)22(24)11-17)36-9-8-19-25(28(36)39)33-37(26(19)29)14-16-6-4-3-5-7-16/h3-7,10-11,13,15,23H,8-9,12,14H2,1-2H3,(H,31,32)/t23-/m0/s1. The van der Waals surface area contributed by atoms with Crippen LogP contribution in [0, 0.1) is 0 Å². The van der Waals surface area contributed by atoms with Gasteiger partial charge in [0.1, 0.15) is 11.2 Å². The average Bonchev–Trinajstić information content (AvgIpc) is 3.63. The van der Waals surface area contributed by atoms with Gasteiger partial charge in [0.25, 0.3) is 5.91 Å². The molecule has 2 amide bonds. The van der Waals surface area contributed by atoms with Crippen LogP contribution in [0.4, 0.5) is 5.69 Å². The Morgan fingerprint density at radius 2 is 1.92 bits per heavy atom. The molecule has 1 atom stereocenters. The number of likely N-dealkylation sites (N-methyl/N-ethyl adjacent to an activating group) is 1. The maximum atomic E-state index is 13.9. The molecular formula is C28H25ClN8O2. The van der Waals surface area contributed by atoms with E-state index in [0.29, 0.717) is 36.8 Å². The highest BCUT2D eigenvalue weighted by Crippen LogP contribution is 2.38. The average molecular weight is 541 g/mol. The molecule has 196 valence electrons. The molecule has 0 aliphatic carbocycles. The van der Waals surface area contributed by atoms with Gasteiger partial charge >= 0.3 is 0 Å². The maximum absolute atomic E-state index is 13.9. The number of amides is 2. The van der Waals surface area contributed by atoms with E-state index in [-0.39, 0.29) is 11.8 Å². The second-order valence-electron chi connectivity index (χ2n) is 10.1. The molecule has 0 radical (unpaired) electrons. The lowest BCUT2D eigenvalue weighted by Gasteiger charge is -2.34. The van der Waals surface area contributed by atoms with E-state index in [0.717, 1.165) is 44.5 Å². The van der Waals surface area contributed by atoms with Gasteiger partial charge in [0.05, 0.1) is 23.9 Å². The first-order chi connectivity index (χ1) is 18.9. The number of nitrogens with zero attached hydrogens (tertiary/aromatic N) is 7. The number of halogens is 1. The molecule has 7 rings (SSSR count). The zero-order valence-corrected chi connectivity index (χ0v) is 22.2. The predicted molar refractivity (Wildman–Crippen MR) is 147 cm³/mol. The number of benzene rings is 2. The summed E-state index contributed by atoms with van der Waals surface area (Å²) in [5.41, 5.74) is 6.28. The number of hydrogen-bond acceptors (Lipinski definition) is 5. The van der Waals surface area contributed by atoms with Crippen LogP contribution in [0.15, 0.2) is 54.9 Å². The summed E-state index contributed by atoms with van der Waals surface area (Å²) in [7, 11) is 3.62. The molecular weight excluding hydrogens is 516 g/mol. The maximum Gasteiger partial charge on any atom is 0.275 e. The monoisotopic (exact) mass is 540 g/mol. The largest absolute Gasteiger partial charge is 0.324 e. The van der Waals surface area contributed by atoms with Gasteiger partial charge in [-0.25, -0.2) is 4.68 Å². The second kappa shape index (κ2) is 8.81. The first-order valence-corrected chi connectivity index (χ1v) is 13.1. The summed E-state index contributed by atoms with van der Waals surface area (Å²) >= 11 is 6.67. The van der Waals surface area contributed by atoms with Crippen LogP contribution in [-0.2, 0) is 31.2 Å². The Morgan fingerprint density at radius 3 is 2.69 bits per heavy atom. The molecule has 0 fully saturated rings. The third kappa shape index (κ3) is 3.74. The molecule has 10 nitrogen and oxygen atoms in total. The Bertz CT molecular complexity index is 1770. The van der Waals surface area contributed by atoms with Gasteiger partial charge in [0.2, 0.25) is 5.91 Å². The number of rotatable bonds is 4. The summed E-state index contributed by atoms with van der Waals surface area (Å²) in [6.07, 6.45) is 4.57. The summed E-state index contributed by atoms with van der Waals surface area (Å²) in [5, 5.41) is 17.9. The quantitative estimate of drug-likeness (QED) is 0.376. The minimum Gasteiger partial charge on any atom is -0.324 e. The molecule has 5 heterocycles. The van der Waals surface area contributed by atoms with Crippen molar-refractivity contribution in [3.8, 4) is 11.1 Å². The fraction of sp³-hybridized carbons (Fsp3) is 0.250. The van der Waals surface area contributed by atoms with Crippen LogP contribution in [0.5, 0.6) is 0 Å². The number of carbonyl (C=O) groups is 2. The van der Waals surface area contributed by atoms with Crippen LogP contribution in [0.3, 0.4) is 0 Å². The van der Waals surface area contributed by atoms with Crippen molar-refractivity contribution in [2.45, 2.75) is 25.4 Å². The van der Waals surface area contributed by atoms with Crippen LogP contribution in [0.2, 0.25) is 5.15 Å². The molecule has 2 aromatic carbocycles. The molecule has 11 heteroatoms. The van der Waals surface area contributed by atoms with Crippen molar-refractivity contribution in [1.82, 2.24) is 34.7 Å². The molecule has 0 saturated carbocycles. The van der Waals surface area contributed by atoms with E-state index in [4.69, 9.17) is 11.6 Å². The molecule has 1 N–H and O–H groups in total. The first-order valence-electron chi connectivity index (χ1n) is 12.8. The topological polar surface area (TPSA) is 105 Å². The fourth-order valence-corrected chi connectivity index (χ4v) is 5.99. The first kappa shape index (κ1) is 23.7. The third-order valence-corrected chi connectivity index (χ3v) is 8.15. The van der Waals surface area contributed by atoms with Crippen LogP contribution in [0.1, 0.15) is 27.3 Å². The lowest BCUT2D eigenvalue weighted by Crippen LogP contribution is -2.53. The van der Waals surface area contributed by atoms with Gasteiger partial charge in [-0.2, -0.15) is 15.3 Å². The van der Waals surface area contributed by atoms with Crippen LogP contribution < -0.4 is 4.90 Å². The molecule has 2 aliphatic heterocycles. The Kier molecular flexibility index (Phi) is 5.34. The third-order valence-electron chi connectivity index (χ3n) is 7.72. The number of aromatic amines is 1. The Hall–Kier alpha value is -4.44. The summed E-state index contributed by atoms with van der Waals surface area (Å²) < 4.78 is 3.40. The number of fused-ring (bicyclic) bond motifs is 1. The summed E-state index contributed by atoms with van der Waals surface area (Å²) in [6.45, 7) is 0.840. The zero-order chi connectivity index (χ0) is 26.8. The smallest absolute Gasteiger partial charge is 0.275 e. The van der Waals surface area contributed by atoms with Gasteiger partial charge in [-0.3, -0.25) is 19.4 Å². The van der Waals surface area contributed by atoms with Crippen molar-refractivity contribution >= 4 is 40.0 Å². The number of hydrogen-bond donors (Lipinski definition) is 1. The molecule has 5 aromatic rings. The Morgan fingerprint density at radius 1 is 1.10 bits per heavy atom. The van der Waals surface area contributed by atoms with E-state index in [1.165, 1.54) is 0 Å². The van der Waals surface area contributed by atoms with E-state index in [2.05, 4.69) is 20.4 Å². The van der Waals surface area contributed by atoms with Gasteiger partial charge in [0, 0.05) is 55.5 Å². The number of anilines is 1. The van der Waals surface area contributed by atoms with Gasteiger partial charge < -0.3 is 9.80 Å². The molecule has 39 heavy (non-hydrogen) atoms. The van der Waals surface area contributed by atoms with Crippen molar-refractivity contribution in [3.63, 3.8) is 0 Å². The second-order valence-corrected chi connectivity index (χ2v) is 10.5. The molecule has 0 saturated heterocycles. The normalized spacial score (nSPS) is 17.2. The lowest BCUT2D eigenvalue weighted by molar-refractivity contribution is -0.122. The molecule has 0 unspecified atom stereocenters. The predicted octanol–water partition coefficient (Wildman–Crippen LogP) is 3.45. The van der Waals surface area contributed by atoms with Crippen molar-refractivity contribution in [3.05, 3.63) is 82.5 Å². The number of aromatic nitrogens is 6. The summed E-state index contributed by atoms with van der Waals surface area (Å²) in [6, 6.07) is 13.1. The van der Waals surface area contributed by atoms with Gasteiger partial charge in [-0.1, -0.05) is 41.9 Å². The minimum atomic E-state index is -0.702. The van der Waals surface area contributed by atoms with E-state index in [1.807, 2.05) is 55.7 Å². The van der Waals surface area contributed by atoms with Crippen LogP contribution >= 0.6 is 11.6 Å². The van der Waals surface area contributed by atoms with Gasteiger partial charge in [0.15, 0.2) is 5.69 Å². The van der Waals surface area contributed by atoms with Crippen molar-refractivity contribution in [1.29, 1.82) is 0 Å². The highest BCUT2D eigenvalue weighted by molar-refractivity contribution is 6.31. The van der Waals surface area contributed by atoms with Gasteiger partial charge in [-0.05, 0) is 29.7 Å². The van der Waals surface area contributed by atoms with Gasteiger partial charge in [-0.15, -0.1) is 0 Å². The fourth-order valence-electron chi connectivity index (χ4n) is 5.71. The van der Waals surface area contributed by atoms with Crippen molar-refractivity contribution < 1.29 is 9.59 Å². The Labute approximate surface area is 228 Å². The number of nitrogens with one attached hydrogen (secondary N) is 1. The van der Waals surface area contributed by atoms with E-state index < -0.39 is 6.04 Å². The van der Waals surface area contributed by atoms with E-state index in [1.54, 1.807) is 32.4 Å². The van der Waals surface area contributed by atoms with Crippen LogP contribution in [-0.4, -0.2) is 66.1 Å². The highest BCUT2D eigenvalue weighted by Gasteiger charge is 2.41. The molecule has 2 aliphatic rings. The Balaban J connectivity index is 1.23. The number of carbonyl (C=O) groups excluding carboxylic acids is 2. The lowest BCUT2D eigenvalue weighted by atomic mass is 10.0. The molecule has 3 aromatic heterocycles. The van der Waals surface area contributed by atoms with E-state index in [9.17, 15) is 9.59 Å². The molecule has 0 bridgehead atoms. The van der Waals surface area contributed by atoms with E-state index >= 15 is 0 Å². The minimum absolute atomic E-state index is 0.157.